The summed E-state index contributed by atoms with van der Waals surface area (Å²) in [5, 5.41) is 14.0. The first kappa shape index (κ1) is 15.7. The molecule has 0 saturated heterocycles. The van der Waals surface area contributed by atoms with Crippen LogP contribution in [-0.4, -0.2) is 34.8 Å². The van der Waals surface area contributed by atoms with Crippen LogP contribution in [0.5, 0.6) is 0 Å². The Morgan fingerprint density at radius 3 is 2.91 bits per heavy atom. The number of nitrogens with one attached hydrogen (secondary N) is 2. The molecule has 1 heterocycles. The Morgan fingerprint density at radius 2 is 2.18 bits per heavy atom. The number of benzene rings is 1. The maximum absolute atomic E-state index is 11.5. The first-order chi connectivity index (χ1) is 10.6. The molecule has 2 rings (SSSR count). The van der Waals surface area contributed by atoms with Crippen LogP contribution in [0, 0.1) is 5.92 Å². The van der Waals surface area contributed by atoms with Gasteiger partial charge in [0, 0.05) is 12.2 Å². The van der Waals surface area contributed by atoms with Crippen LogP contribution in [0.1, 0.15) is 24.2 Å². The molecule has 0 saturated carbocycles. The van der Waals surface area contributed by atoms with Gasteiger partial charge < -0.3 is 15.4 Å². The minimum absolute atomic E-state index is 0.357. The van der Waals surface area contributed by atoms with Crippen LogP contribution in [0.15, 0.2) is 30.5 Å². The Morgan fingerprint density at radius 1 is 1.36 bits per heavy atom. The number of ether oxygens (including phenoxy) is 1. The number of methoxy groups -OCH3 is 1. The average molecular weight is 301 g/mol. The van der Waals surface area contributed by atoms with Crippen molar-refractivity contribution in [1.82, 2.24) is 15.2 Å². The first-order valence-corrected chi connectivity index (χ1v) is 6.97. The minimum atomic E-state index is -0.393. The highest BCUT2D eigenvalue weighted by Crippen LogP contribution is 2.16. The lowest BCUT2D eigenvalue weighted by molar-refractivity contribution is 0.0601. The summed E-state index contributed by atoms with van der Waals surface area (Å²) in [4.78, 5) is 15.8. The standard InChI is InChI=1S/C15H19N5O2/c1-10(2)8-16-13-9-17-20-15(19-13)18-12-6-4-5-11(7-12)14(21)22-3/h4-7,9-10H,8H2,1-3H3,(H2,16,18,19,20). The number of nitrogens with zero attached hydrogens (tertiary/aromatic N) is 3. The number of carbonyl (C=O) groups is 1. The maximum atomic E-state index is 11.5. The Kier molecular flexibility index (Phi) is 5.24. The van der Waals surface area contributed by atoms with E-state index in [9.17, 15) is 4.79 Å². The van der Waals surface area contributed by atoms with Crippen molar-refractivity contribution in [1.29, 1.82) is 0 Å². The van der Waals surface area contributed by atoms with Crippen LogP contribution in [-0.2, 0) is 4.74 Å². The molecule has 0 spiro atoms. The van der Waals surface area contributed by atoms with Gasteiger partial charge in [-0.1, -0.05) is 19.9 Å². The lowest BCUT2D eigenvalue weighted by Crippen LogP contribution is -2.11. The molecule has 2 aromatic rings. The third-order valence-electron chi connectivity index (χ3n) is 2.79. The fourth-order valence-corrected chi connectivity index (χ4v) is 1.72. The van der Waals surface area contributed by atoms with Gasteiger partial charge in [-0.2, -0.15) is 10.1 Å². The summed E-state index contributed by atoms with van der Waals surface area (Å²) in [6.45, 7) is 5.02. The Hall–Kier alpha value is -2.70. The molecule has 22 heavy (non-hydrogen) atoms. The summed E-state index contributed by atoms with van der Waals surface area (Å²) in [7, 11) is 1.35. The van der Waals surface area contributed by atoms with Crippen LogP contribution in [0.3, 0.4) is 0 Å². The molecule has 0 aliphatic rings. The summed E-state index contributed by atoms with van der Waals surface area (Å²) >= 11 is 0. The van der Waals surface area contributed by atoms with Crippen molar-refractivity contribution in [3.8, 4) is 0 Å². The largest absolute Gasteiger partial charge is 0.465 e. The molecule has 7 nitrogen and oxygen atoms in total. The molecule has 0 unspecified atom stereocenters. The predicted octanol–water partition coefficient (Wildman–Crippen LogP) is 2.47. The zero-order chi connectivity index (χ0) is 15.9. The van der Waals surface area contributed by atoms with Crippen molar-refractivity contribution in [2.75, 3.05) is 24.3 Å². The first-order valence-electron chi connectivity index (χ1n) is 6.97. The molecule has 0 aliphatic carbocycles. The summed E-state index contributed by atoms with van der Waals surface area (Å²) in [5.74, 6) is 1.12. The van der Waals surface area contributed by atoms with E-state index in [1.807, 2.05) is 6.07 Å². The molecular formula is C15H19N5O2. The Labute approximate surface area is 129 Å². The summed E-state index contributed by atoms with van der Waals surface area (Å²) in [5.41, 5.74) is 1.14. The summed E-state index contributed by atoms with van der Waals surface area (Å²) < 4.78 is 4.69. The zero-order valence-electron chi connectivity index (χ0n) is 12.8. The van der Waals surface area contributed by atoms with E-state index in [1.54, 1.807) is 24.4 Å². The van der Waals surface area contributed by atoms with Gasteiger partial charge in [-0.15, -0.1) is 5.10 Å². The molecule has 0 aliphatic heterocycles. The number of rotatable bonds is 6. The second-order valence-electron chi connectivity index (χ2n) is 5.14. The molecule has 0 fully saturated rings. The monoisotopic (exact) mass is 301 g/mol. The molecule has 0 radical (unpaired) electrons. The van der Waals surface area contributed by atoms with Gasteiger partial charge >= 0.3 is 5.97 Å². The second kappa shape index (κ2) is 7.35. The highest BCUT2D eigenvalue weighted by molar-refractivity contribution is 5.90. The normalized spacial score (nSPS) is 10.4. The van der Waals surface area contributed by atoms with Crippen LogP contribution in [0.2, 0.25) is 0 Å². The van der Waals surface area contributed by atoms with Gasteiger partial charge in [0.05, 0.1) is 18.9 Å². The zero-order valence-corrected chi connectivity index (χ0v) is 12.8. The fraction of sp³-hybridized carbons (Fsp3) is 0.333. The second-order valence-corrected chi connectivity index (χ2v) is 5.14. The number of esters is 1. The SMILES string of the molecule is COC(=O)c1cccc(Nc2nncc(NCC(C)C)n2)c1. The smallest absolute Gasteiger partial charge is 0.337 e. The van der Waals surface area contributed by atoms with Crippen LogP contribution in [0.25, 0.3) is 0 Å². The van der Waals surface area contributed by atoms with E-state index in [0.29, 0.717) is 28.9 Å². The van der Waals surface area contributed by atoms with Gasteiger partial charge in [0.2, 0.25) is 5.95 Å². The molecule has 0 amide bonds. The lowest BCUT2D eigenvalue weighted by Gasteiger charge is -2.09. The molecule has 116 valence electrons. The average Bonchev–Trinajstić information content (AvgIpc) is 2.53. The van der Waals surface area contributed by atoms with Crippen LogP contribution < -0.4 is 10.6 Å². The number of hydrogen-bond acceptors (Lipinski definition) is 7. The van der Waals surface area contributed by atoms with Crippen LogP contribution in [0.4, 0.5) is 17.5 Å². The number of hydrogen-bond donors (Lipinski definition) is 2. The molecule has 0 bridgehead atoms. The fourth-order valence-electron chi connectivity index (χ4n) is 1.72. The van der Waals surface area contributed by atoms with Crippen molar-refractivity contribution >= 4 is 23.4 Å². The van der Waals surface area contributed by atoms with Gasteiger partial charge in [-0.3, -0.25) is 0 Å². The van der Waals surface area contributed by atoms with Gasteiger partial charge in [0.1, 0.15) is 0 Å². The van der Waals surface area contributed by atoms with Crippen molar-refractivity contribution < 1.29 is 9.53 Å². The van der Waals surface area contributed by atoms with Gasteiger partial charge in [0.25, 0.3) is 0 Å². The Bertz CT molecular complexity index is 645. The molecule has 0 atom stereocenters. The van der Waals surface area contributed by atoms with E-state index in [1.165, 1.54) is 7.11 Å². The quantitative estimate of drug-likeness (QED) is 0.792. The highest BCUT2D eigenvalue weighted by Gasteiger charge is 2.07. The van der Waals surface area contributed by atoms with E-state index >= 15 is 0 Å². The number of anilines is 3. The van der Waals surface area contributed by atoms with Crippen molar-refractivity contribution in [2.45, 2.75) is 13.8 Å². The van der Waals surface area contributed by atoms with Gasteiger partial charge in [-0.05, 0) is 24.1 Å². The van der Waals surface area contributed by atoms with Crippen molar-refractivity contribution in [3.63, 3.8) is 0 Å². The molecular weight excluding hydrogens is 282 g/mol. The lowest BCUT2D eigenvalue weighted by atomic mass is 10.2. The molecule has 7 heteroatoms. The van der Waals surface area contributed by atoms with E-state index < -0.39 is 5.97 Å². The van der Waals surface area contributed by atoms with E-state index in [2.05, 4.69) is 39.7 Å². The maximum Gasteiger partial charge on any atom is 0.337 e. The van der Waals surface area contributed by atoms with E-state index in [-0.39, 0.29) is 0 Å². The van der Waals surface area contributed by atoms with Gasteiger partial charge in [-0.25, -0.2) is 4.79 Å². The summed E-state index contributed by atoms with van der Waals surface area (Å²) in [6.07, 6.45) is 1.57. The third-order valence-corrected chi connectivity index (χ3v) is 2.79. The molecule has 2 N–H and O–H groups in total. The van der Waals surface area contributed by atoms with Crippen LogP contribution >= 0.6 is 0 Å². The minimum Gasteiger partial charge on any atom is -0.465 e. The van der Waals surface area contributed by atoms with E-state index in [4.69, 9.17) is 4.74 Å². The summed E-state index contributed by atoms with van der Waals surface area (Å²) in [6, 6.07) is 6.91. The van der Waals surface area contributed by atoms with E-state index in [0.717, 1.165) is 6.54 Å². The Balaban J connectivity index is 2.10. The third kappa shape index (κ3) is 4.41. The number of aromatic nitrogens is 3. The molecule has 1 aromatic carbocycles. The molecule has 1 aromatic heterocycles. The highest BCUT2D eigenvalue weighted by atomic mass is 16.5. The van der Waals surface area contributed by atoms with Crippen molar-refractivity contribution in [3.05, 3.63) is 36.0 Å². The van der Waals surface area contributed by atoms with Gasteiger partial charge in [0.15, 0.2) is 5.82 Å². The van der Waals surface area contributed by atoms with Crippen molar-refractivity contribution in [2.24, 2.45) is 5.92 Å². The topological polar surface area (TPSA) is 89.0 Å². The predicted molar refractivity (Wildman–Crippen MR) is 84.2 cm³/mol. The number of carbonyl (C=O) groups excluding carboxylic acids is 1.